The van der Waals surface area contributed by atoms with Crippen LogP contribution in [0.5, 0.6) is 0 Å². The van der Waals surface area contributed by atoms with Crippen LogP contribution >= 0.6 is 0 Å². The van der Waals surface area contributed by atoms with E-state index in [1.54, 1.807) is 6.07 Å². The van der Waals surface area contributed by atoms with Crippen LogP contribution in [0, 0.1) is 36.0 Å². The lowest BCUT2D eigenvalue weighted by Crippen LogP contribution is -2.47. The number of aryl methyl sites for hydroxylation is 1. The van der Waals surface area contributed by atoms with Crippen molar-refractivity contribution in [3.8, 4) is 6.07 Å². The highest BCUT2D eigenvalue weighted by atomic mass is 19.4. The van der Waals surface area contributed by atoms with Crippen molar-refractivity contribution in [3.05, 3.63) is 29.3 Å². The number of anilines is 1. The average molecular weight is 437 g/mol. The molecule has 2 N–H and O–H groups in total. The molecule has 31 heavy (non-hydrogen) atoms. The van der Waals surface area contributed by atoms with Crippen LogP contribution in [0.1, 0.15) is 43.2 Å². The van der Waals surface area contributed by atoms with E-state index in [-0.39, 0.29) is 5.92 Å². The number of carbonyl (C=O) groups is 1. The normalized spacial score (nSPS) is 23.9. The number of rotatable bonds is 6. The van der Waals surface area contributed by atoms with Gasteiger partial charge in [0.05, 0.1) is 11.6 Å². The van der Waals surface area contributed by atoms with E-state index in [0.29, 0.717) is 11.6 Å². The lowest BCUT2D eigenvalue weighted by molar-refractivity contribution is -0.137. The molecule has 1 aromatic carbocycles. The predicted molar refractivity (Wildman–Crippen MR) is 113 cm³/mol. The van der Waals surface area contributed by atoms with Crippen molar-refractivity contribution in [2.24, 2.45) is 23.5 Å². The quantitative estimate of drug-likeness (QED) is 0.733. The van der Waals surface area contributed by atoms with Crippen molar-refractivity contribution < 1.29 is 18.0 Å². The summed E-state index contributed by atoms with van der Waals surface area (Å²) in [4.78, 5) is 15.8. The number of piperazine rings is 1. The second-order valence-electron chi connectivity index (χ2n) is 8.91. The predicted octanol–water partition coefficient (Wildman–Crippen LogP) is 3.96. The molecule has 170 valence electrons. The number of primary amides is 1. The smallest absolute Gasteiger partial charge is 0.369 e. The standard InChI is InChI=1S/C23H31F3N4O/c1-16-2-7-19(23(24,25)26)14-21(16)30-12-10-29(11-13-30)9-8-17-3-5-18(6-4-17)20(15-27)22(28)31/h2,7,14,17-18,20H,3-6,8-13H2,1H3,(H2,28,31). The van der Waals surface area contributed by atoms with Crippen LogP contribution in [0.2, 0.25) is 0 Å². The van der Waals surface area contributed by atoms with Crippen molar-refractivity contribution in [2.75, 3.05) is 37.6 Å². The summed E-state index contributed by atoms with van der Waals surface area (Å²) in [6.45, 7) is 5.94. The van der Waals surface area contributed by atoms with E-state index in [4.69, 9.17) is 11.0 Å². The van der Waals surface area contributed by atoms with Gasteiger partial charge < -0.3 is 10.6 Å². The Morgan fingerprint density at radius 2 is 1.84 bits per heavy atom. The lowest BCUT2D eigenvalue weighted by Gasteiger charge is -2.38. The summed E-state index contributed by atoms with van der Waals surface area (Å²) in [5.74, 6) is -0.515. The molecular formula is C23H31F3N4O. The van der Waals surface area contributed by atoms with Crippen LogP contribution in [0.3, 0.4) is 0 Å². The zero-order chi connectivity index (χ0) is 22.6. The van der Waals surface area contributed by atoms with Crippen LogP contribution in [-0.2, 0) is 11.0 Å². The van der Waals surface area contributed by atoms with Gasteiger partial charge in [-0.25, -0.2) is 0 Å². The number of benzene rings is 1. The van der Waals surface area contributed by atoms with Gasteiger partial charge >= 0.3 is 6.18 Å². The number of alkyl halides is 3. The molecule has 2 fully saturated rings. The minimum absolute atomic E-state index is 0.0815. The van der Waals surface area contributed by atoms with Crippen LogP contribution < -0.4 is 10.6 Å². The second-order valence-corrected chi connectivity index (χ2v) is 8.91. The van der Waals surface area contributed by atoms with Crippen molar-refractivity contribution in [2.45, 2.75) is 45.2 Å². The third kappa shape index (κ3) is 5.91. The molecule has 0 aromatic heterocycles. The lowest BCUT2D eigenvalue weighted by atomic mass is 9.75. The highest BCUT2D eigenvalue weighted by molar-refractivity contribution is 5.79. The Bertz CT molecular complexity index is 804. The minimum Gasteiger partial charge on any atom is -0.369 e. The number of nitrogens with two attached hydrogens (primary N) is 1. The summed E-state index contributed by atoms with van der Waals surface area (Å²) < 4.78 is 39.2. The SMILES string of the molecule is Cc1ccc(C(F)(F)F)cc1N1CCN(CCC2CCC(C(C#N)C(N)=O)CC2)CC1. The van der Waals surface area contributed by atoms with Gasteiger partial charge in [-0.3, -0.25) is 9.69 Å². The van der Waals surface area contributed by atoms with Crippen molar-refractivity contribution in [3.63, 3.8) is 0 Å². The van der Waals surface area contributed by atoms with Gasteiger partial charge in [0.15, 0.2) is 0 Å². The Labute approximate surface area is 182 Å². The monoisotopic (exact) mass is 436 g/mol. The van der Waals surface area contributed by atoms with Gasteiger partial charge in [0, 0.05) is 31.9 Å². The van der Waals surface area contributed by atoms with Crippen LogP contribution in [-0.4, -0.2) is 43.5 Å². The summed E-state index contributed by atoms with van der Waals surface area (Å²) >= 11 is 0. The molecule has 1 saturated carbocycles. The van der Waals surface area contributed by atoms with Gasteiger partial charge in [-0.05, 0) is 62.3 Å². The van der Waals surface area contributed by atoms with Gasteiger partial charge in [0.25, 0.3) is 0 Å². The Kier molecular flexibility index (Phi) is 7.47. The van der Waals surface area contributed by atoms with Gasteiger partial charge in [-0.2, -0.15) is 18.4 Å². The molecule has 1 heterocycles. The zero-order valence-corrected chi connectivity index (χ0v) is 18.0. The maximum atomic E-state index is 13.1. The molecule has 0 spiro atoms. The van der Waals surface area contributed by atoms with Gasteiger partial charge in [-0.15, -0.1) is 0 Å². The Morgan fingerprint density at radius 3 is 2.39 bits per heavy atom. The molecule has 1 aliphatic heterocycles. The van der Waals surface area contributed by atoms with Crippen molar-refractivity contribution in [1.29, 1.82) is 5.26 Å². The second kappa shape index (κ2) is 9.90. The molecule has 0 bridgehead atoms. The molecule has 0 radical (unpaired) electrons. The van der Waals surface area contributed by atoms with E-state index in [9.17, 15) is 18.0 Å². The molecular weight excluding hydrogens is 405 g/mol. The van der Waals surface area contributed by atoms with Gasteiger partial charge in [-0.1, -0.05) is 18.9 Å². The van der Waals surface area contributed by atoms with Crippen LogP contribution in [0.4, 0.5) is 18.9 Å². The zero-order valence-electron chi connectivity index (χ0n) is 18.0. The molecule has 8 heteroatoms. The highest BCUT2D eigenvalue weighted by Gasteiger charge is 2.32. The molecule has 2 aliphatic rings. The Balaban J connectivity index is 1.45. The van der Waals surface area contributed by atoms with Crippen LogP contribution in [0.25, 0.3) is 0 Å². The largest absolute Gasteiger partial charge is 0.416 e. The van der Waals surface area contributed by atoms with Crippen molar-refractivity contribution >= 4 is 11.6 Å². The molecule has 3 rings (SSSR count). The number of hydrogen-bond acceptors (Lipinski definition) is 4. The third-order valence-electron chi connectivity index (χ3n) is 6.91. The fourth-order valence-corrected chi connectivity index (χ4v) is 4.92. The highest BCUT2D eigenvalue weighted by Crippen LogP contribution is 2.36. The number of nitrogens with zero attached hydrogens (tertiary/aromatic N) is 3. The van der Waals surface area contributed by atoms with Crippen molar-refractivity contribution in [1.82, 2.24) is 4.90 Å². The third-order valence-corrected chi connectivity index (χ3v) is 6.91. The van der Waals surface area contributed by atoms with Gasteiger partial charge in [0.2, 0.25) is 5.91 Å². The fourth-order valence-electron chi connectivity index (χ4n) is 4.92. The summed E-state index contributed by atoms with van der Waals surface area (Å²) in [7, 11) is 0. The average Bonchev–Trinajstić information content (AvgIpc) is 2.73. The summed E-state index contributed by atoms with van der Waals surface area (Å²) in [6, 6.07) is 6.02. The first-order valence-electron chi connectivity index (χ1n) is 11.0. The molecule has 1 unspecified atom stereocenters. The number of carbonyl (C=O) groups excluding carboxylic acids is 1. The van der Waals surface area contributed by atoms with E-state index in [2.05, 4.69) is 15.9 Å². The topological polar surface area (TPSA) is 73.4 Å². The number of amides is 1. The molecule has 5 nitrogen and oxygen atoms in total. The van der Waals surface area contributed by atoms with E-state index in [0.717, 1.165) is 76.5 Å². The van der Waals surface area contributed by atoms with Crippen LogP contribution in [0.15, 0.2) is 18.2 Å². The van der Waals surface area contributed by atoms with E-state index >= 15 is 0 Å². The first-order valence-corrected chi connectivity index (χ1v) is 11.0. The summed E-state index contributed by atoms with van der Waals surface area (Å²) in [6.07, 6.45) is 0.513. The first kappa shape index (κ1) is 23.4. The maximum Gasteiger partial charge on any atom is 0.416 e. The van der Waals surface area contributed by atoms with E-state index in [1.807, 2.05) is 6.92 Å². The fraction of sp³-hybridized carbons (Fsp3) is 0.652. The summed E-state index contributed by atoms with van der Waals surface area (Å²) in [5.41, 5.74) is 6.28. The first-order chi connectivity index (χ1) is 14.7. The molecule has 1 aliphatic carbocycles. The molecule has 1 saturated heterocycles. The molecule has 1 atom stereocenters. The Hall–Kier alpha value is -2.27. The number of halogens is 3. The van der Waals surface area contributed by atoms with E-state index in [1.165, 1.54) is 6.07 Å². The molecule has 1 amide bonds. The Morgan fingerprint density at radius 1 is 1.19 bits per heavy atom. The minimum atomic E-state index is -4.33. The maximum absolute atomic E-state index is 13.1. The van der Waals surface area contributed by atoms with Gasteiger partial charge in [0.1, 0.15) is 5.92 Å². The number of hydrogen-bond donors (Lipinski definition) is 1. The summed E-state index contributed by atoms with van der Waals surface area (Å²) in [5, 5.41) is 9.15. The molecule has 1 aromatic rings. The number of nitriles is 1. The van der Waals surface area contributed by atoms with E-state index < -0.39 is 23.6 Å².